The van der Waals surface area contributed by atoms with Crippen LogP contribution in [0.5, 0.6) is 0 Å². The largest absolute Gasteiger partial charge is 0.481 e. The normalized spacial score (nSPS) is 2.27. The Morgan fingerprint density at radius 2 is 0.909 bits per heavy atom. The summed E-state index contributed by atoms with van der Waals surface area (Å²) in [5.41, 5.74) is 0. The van der Waals surface area contributed by atoms with Crippen LogP contribution in [-0.4, -0.2) is 43.9 Å². The molecule has 0 saturated heterocycles. The maximum Gasteiger partial charge on any atom is 0.300 e. The third-order valence-corrected chi connectivity index (χ3v) is 0. The summed E-state index contributed by atoms with van der Waals surface area (Å²) in [5, 5.41) is 7.42. The van der Waals surface area contributed by atoms with Gasteiger partial charge >= 0.3 is 0 Å². The zero-order valence-corrected chi connectivity index (χ0v) is 7.70. The Bertz CT molecular complexity index is 35.1. The Morgan fingerprint density at radius 3 is 0.909 bits per heavy atom. The smallest absolute Gasteiger partial charge is 0.300 e. The van der Waals surface area contributed by atoms with Crippen molar-refractivity contribution in [3.63, 3.8) is 0 Å². The minimum Gasteiger partial charge on any atom is -0.481 e. The number of hydrogen-bond donors (Lipinski definition) is 1. The van der Waals surface area contributed by atoms with Crippen LogP contribution in [0, 0.1) is 38.2 Å². The molecule has 0 aromatic rings. The molecule has 0 bridgehead atoms. The van der Waals surface area contributed by atoms with Crippen LogP contribution in [-0.2, 0) is 4.79 Å². The first-order valence-corrected chi connectivity index (χ1v) is 0.928. The third-order valence-electron chi connectivity index (χ3n) is 0. The number of carbonyl (C=O) groups is 1. The van der Waals surface area contributed by atoms with Gasteiger partial charge in [0.05, 0.1) is 0 Å². The van der Waals surface area contributed by atoms with Gasteiger partial charge in [0, 0.05) is 45.1 Å². The molecule has 82 valence electrons. The minimum atomic E-state index is -0.833. The molecular weight excluding hydrogens is 315 g/mol. The van der Waals surface area contributed by atoms with Crippen molar-refractivity contribution in [2.24, 2.45) is 0 Å². The number of hydrogen-bond acceptors (Lipinski definition) is 1. The van der Waals surface area contributed by atoms with Crippen molar-refractivity contribution < 1.29 is 80.9 Å². The van der Waals surface area contributed by atoms with Gasteiger partial charge in [0.2, 0.25) is 0 Å². The molecule has 0 amide bonds. The molecule has 0 rings (SSSR count). The van der Waals surface area contributed by atoms with E-state index in [0.717, 1.165) is 6.92 Å². The predicted octanol–water partition coefficient (Wildman–Crippen LogP) is -4.86. The summed E-state index contributed by atoms with van der Waals surface area (Å²) in [7, 11) is 0. The van der Waals surface area contributed by atoms with Crippen LogP contribution in [0.2, 0.25) is 0 Å². The van der Waals surface area contributed by atoms with Crippen molar-refractivity contribution in [1.29, 1.82) is 0 Å². The van der Waals surface area contributed by atoms with Gasteiger partial charge in [0.1, 0.15) is 0 Å². The Morgan fingerprint density at radius 1 is 0.909 bits per heavy atom. The van der Waals surface area contributed by atoms with Crippen LogP contribution < -0.4 is 0 Å². The van der Waals surface area contributed by atoms with Crippen molar-refractivity contribution in [3.8, 4) is 0 Å². The van der Waals surface area contributed by atoms with E-state index >= 15 is 0 Å². The first-order valence-electron chi connectivity index (χ1n) is 0.928. The molecule has 0 unspecified atom stereocenters. The Balaban J connectivity index is -0.00000000214. The molecule has 0 radical (unpaired) electrons. The summed E-state index contributed by atoms with van der Waals surface area (Å²) in [4.78, 5) is 9.00. The van der Waals surface area contributed by atoms with Gasteiger partial charge in [-0.1, -0.05) is 0 Å². The van der Waals surface area contributed by atoms with E-state index in [1.807, 2.05) is 0 Å². The first-order chi connectivity index (χ1) is 1.73. The fourth-order valence-electron chi connectivity index (χ4n) is 0. The van der Waals surface area contributed by atoms with E-state index in [9.17, 15) is 0 Å². The summed E-state index contributed by atoms with van der Waals surface area (Å²) < 4.78 is 0. The maximum atomic E-state index is 9.00. The molecular formula is C2H16DyO8. The molecule has 0 aliphatic carbocycles. The maximum absolute atomic E-state index is 9.00. The van der Waals surface area contributed by atoms with Crippen molar-refractivity contribution in [1.82, 2.24) is 0 Å². The second kappa shape index (κ2) is 77.3. The Hall–Kier alpha value is 0.503. The standard InChI is InChI=1S/C2H4O2.Dy.6H2O/c1-2(3)4;;;;;;;/h1H3,(H,3,4);;6*1H2. The van der Waals surface area contributed by atoms with Gasteiger partial charge in [-0.3, -0.25) is 4.79 Å². The van der Waals surface area contributed by atoms with E-state index in [1.165, 1.54) is 0 Å². The van der Waals surface area contributed by atoms with Crippen molar-refractivity contribution in [2.45, 2.75) is 6.92 Å². The van der Waals surface area contributed by atoms with Crippen LogP contribution in [0.1, 0.15) is 6.92 Å². The molecule has 13 N–H and O–H groups in total. The van der Waals surface area contributed by atoms with Gasteiger partial charge in [-0.2, -0.15) is 0 Å². The van der Waals surface area contributed by atoms with Crippen LogP contribution in [0.4, 0.5) is 0 Å². The molecule has 0 saturated carbocycles. The van der Waals surface area contributed by atoms with Crippen LogP contribution in [0.15, 0.2) is 0 Å². The van der Waals surface area contributed by atoms with Gasteiger partial charge < -0.3 is 38.0 Å². The van der Waals surface area contributed by atoms with Crippen LogP contribution >= 0.6 is 0 Å². The van der Waals surface area contributed by atoms with Crippen molar-refractivity contribution in [2.75, 3.05) is 0 Å². The molecule has 11 heavy (non-hydrogen) atoms. The molecule has 0 aromatic carbocycles. The molecule has 9 heteroatoms. The SMILES string of the molecule is CC(=O)O.O.O.O.O.O.O.[Dy]. The van der Waals surface area contributed by atoms with Crippen molar-refractivity contribution >= 4 is 5.97 Å². The second-order valence-corrected chi connectivity index (χ2v) is 0.519. The van der Waals surface area contributed by atoms with Gasteiger partial charge in [-0.25, -0.2) is 0 Å². The van der Waals surface area contributed by atoms with E-state index < -0.39 is 5.97 Å². The number of aliphatic carboxylic acids is 1. The second-order valence-electron chi connectivity index (χ2n) is 0.519. The Kier molecular flexibility index (Phi) is 727. The monoisotopic (exact) mass is 332 g/mol. The van der Waals surface area contributed by atoms with Gasteiger partial charge in [-0.05, 0) is 0 Å². The average Bonchev–Trinajstić information content (AvgIpc) is 0.811. The Labute approximate surface area is 93.5 Å². The predicted molar refractivity (Wildman–Crippen MR) is 35.0 cm³/mol. The number of carboxylic acid groups (broad SMARTS) is 1. The molecule has 0 spiro atoms. The molecule has 0 fully saturated rings. The van der Waals surface area contributed by atoms with E-state index in [1.54, 1.807) is 0 Å². The molecule has 0 aliphatic heterocycles. The molecule has 0 aliphatic rings. The quantitative estimate of drug-likeness (QED) is 0.460. The van der Waals surface area contributed by atoms with Crippen molar-refractivity contribution in [3.05, 3.63) is 0 Å². The summed E-state index contributed by atoms with van der Waals surface area (Å²) in [6.45, 7) is 1.08. The first kappa shape index (κ1) is 103. The summed E-state index contributed by atoms with van der Waals surface area (Å²) in [6, 6.07) is 0. The fraction of sp³-hybridized carbons (Fsp3) is 0.500. The summed E-state index contributed by atoms with van der Waals surface area (Å²) in [6.07, 6.45) is 0. The molecule has 8 nitrogen and oxygen atoms in total. The number of carboxylic acids is 1. The fourth-order valence-corrected chi connectivity index (χ4v) is 0. The number of rotatable bonds is 0. The van der Waals surface area contributed by atoms with E-state index in [4.69, 9.17) is 9.90 Å². The zero-order chi connectivity index (χ0) is 3.58. The summed E-state index contributed by atoms with van der Waals surface area (Å²) in [5.74, 6) is -0.833. The van der Waals surface area contributed by atoms with E-state index in [0.29, 0.717) is 0 Å². The van der Waals surface area contributed by atoms with Gasteiger partial charge in [0.25, 0.3) is 5.97 Å². The summed E-state index contributed by atoms with van der Waals surface area (Å²) >= 11 is 0. The molecule has 0 atom stereocenters. The third kappa shape index (κ3) is 3000. The zero-order valence-electron chi connectivity index (χ0n) is 5.67. The van der Waals surface area contributed by atoms with Crippen LogP contribution in [0.25, 0.3) is 0 Å². The molecule has 0 aromatic heterocycles. The minimum absolute atomic E-state index is 0. The van der Waals surface area contributed by atoms with Gasteiger partial charge in [0.15, 0.2) is 0 Å². The van der Waals surface area contributed by atoms with E-state index in [2.05, 4.69) is 0 Å². The topological polar surface area (TPSA) is 226 Å². The van der Waals surface area contributed by atoms with E-state index in [-0.39, 0.29) is 71.0 Å². The van der Waals surface area contributed by atoms with Crippen LogP contribution in [0.3, 0.4) is 0 Å². The molecule has 0 heterocycles. The van der Waals surface area contributed by atoms with Gasteiger partial charge in [-0.15, -0.1) is 0 Å². The average molecular weight is 331 g/mol.